The third-order valence-corrected chi connectivity index (χ3v) is 3.41. The average molecular weight is 205 g/mol. The Morgan fingerprint density at radius 1 is 1.40 bits per heavy atom. The van der Waals surface area contributed by atoms with E-state index < -0.39 is 0 Å². The van der Waals surface area contributed by atoms with Gasteiger partial charge in [-0.3, -0.25) is 4.90 Å². The Hall–Kier alpha value is -0.860. The second-order valence-electron chi connectivity index (χ2n) is 4.42. The first-order chi connectivity index (χ1) is 7.31. The van der Waals surface area contributed by atoms with Gasteiger partial charge in [-0.2, -0.15) is 0 Å². The van der Waals surface area contributed by atoms with Gasteiger partial charge in [0.25, 0.3) is 0 Å². The molecule has 0 aromatic heterocycles. The van der Waals surface area contributed by atoms with E-state index in [1.54, 1.807) is 0 Å². The number of likely N-dealkylation sites (tertiary alicyclic amines) is 1. The molecule has 82 valence electrons. The zero-order valence-electron chi connectivity index (χ0n) is 9.26. The fourth-order valence-electron chi connectivity index (χ4n) is 2.31. The first-order valence-electron chi connectivity index (χ1n) is 5.71. The number of hydrogen-bond acceptors (Lipinski definition) is 2. The van der Waals surface area contributed by atoms with Crippen LogP contribution < -0.4 is 0 Å². The molecule has 1 N–H and O–H groups in total. The standard InChI is InChI=1S/C13H19NO/c1-11(13-5-3-2-4-6-13)14-8-7-12(9-14)10-15/h2-6,11-12,15H,7-10H2,1H3/t11?,12-/m0/s1. The molecule has 1 aliphatic rings. The molecule has 0 radical (unpaired) electrons. The monoisotopic (exact) mass is 205 g/mol. The van der Waals surface area contributed by atoms with Crippen molar-refractivity contribution in [2.45, 2.75) is 19.4 Å². The molecule has 0 bridgehead atoms. The quantitative estimate of drug-likeness (QED) is 0.816. The Morgan fingerprint density at radius 2 is 2.13 bits per heavy atom. The molecule has 1 aromatic rings. The highest BCUT2D eigenvalue weighted by Gasteiger charge is 2.25. The van der Waals surface area contributed by atoms with Crippen LogP contribution in [0.15, 0.2) is 30.3 Å². The lowest BCUT2D eigenvalue weighted by Crippen LogP contribution is -2.25. The van der Waals surface area contributed by atoms with Gasteiger partial charge in [-0.15, -0.1) is 0 Å². The van der Waals surface area contributed by atoms with Crippen LogP contribution in [-0.2, 0) is 0 Å². The molecule has 0 saturated carbocycles. The maximum Gasteiger partial charge on any atom is 0.0471 e. The maximum atomic E-state index is 9.11. The Morgan fingerprint density at radius 3 is 2.73 bits per heavy atom. The van der Waals surface area contributed by atoms with Gasteiger partial charge >= 0.3 is 0 Å². The SMILES string of the molecule is CC(c1ccccc1)N1CC[C@H](CO)C1. The number of nitrogens with zero attached hydrogens (tertiary/aromatic N) is 1. The van der Waals surface area contributed by atoms with Crippen LogP contribution in [-0.4, -0.2) is 29.7 Å². The van der Waals surface area contributed by atoms with Crippen molar-refractivity contribution in [3.05, 3.63) is 35.9 Å². The van der Waals surface area contributed by atoms with Crippen LogP contribution in [0.1, 0.15) is 24.9 Å². The van der Waals surface area contributed by atoms with E-state index in [2.05, 4.69) is 42.2 Å². The van der Waals surface area contributed by atoms with Crippen molar-refractivity contribution < 1.29 is 5.11 Å². The van der Waals surface area contributed by atoms with Gasteiger partial charge in [0.05, 0.1) is 0 Å². The van der Waals surface area contributed by atoms with Crippen LogP contribution in [0, 0.1) is 5.92 Å². The third-order valence-electron chi connectivity index (χ3n) is 3.41. The Balaban J connectivity index is 2.00. The summed E-state index contributed by atoms with van der Waals surface area (Å²) in [6, 6.07) is 11.1. The van der Waals surface area contributed by atoms with Crippen molar-refractivity contribution in [3.8, 4) is 0 Å². The fraction of sp³-hybridized carbons (Fsp3) is 0.538. The van der Waals surface area contributed by atoms with Crippen molar-refractivity contribution in [2.75, 3.05) is 19.7 Å². The number of aliphatic hydroxyl groups excluding tert-OH is 1. The molecule has 1 unspecified atom stereocenters. The van der Waals surface area contributed by atoms with Gasteiger partial charge in [0, 0.05) is 19.2 Å². The molecule has 2 rings (SSSR count). The Bertz CT molecular complexity index is 299. The molecule has 2 heteroatoms. The summed E-state index contributed by atoms with van der Waals surface area (Å²) >= 11 is 0. The molecule has 2 atom stereocenters. The lowest BCUT2D eigenvalue weighted by molar-refractivity contribution is 0.204. The summed E-state index contributed by atoms with van der Waals surface area (Å²) in [6.07, 6.45) is 1.13. The minimum atomic E-state index is 0.331. The molecular weight excluding hydrogens is 186 g/mol. The van der Waals surface area contributed by atoms with E-state index in [1.807, 2.05) is 0 Å². The molecule has 2 nitrogen and oxygen atoms in total. The summed E-state index contributed by atoms with van der Waals surface area (Å²) in [5, 5.41) is 9.11. The van der Waals surface area contributed by atoms with Crippen LogP contribution in [0.4, 0.5) is 0 Å². The van der Waals surface area contributed by atoms with Gasteiger partial charge in [0.15, 0.2) is 0 Å². The lowest BCUT2D eigenvalue weighted by Gasteiger charge is -2.24. The number of hydrogen-bond donors (Lipinski definition) is 1. The van der Waals surface area contributed by atoms with E-state index in [4.69, 9.17) is 5.11 Å². The second kappa shape index (κ2) is 4.77. The maximum absolute atomic E-state index is 9.11. The van der Waals surface area contributed by atoms with Gasteiger partial charge in [-0.1, -0.05) is 30.3 Å². The first-order valence-corrected chi connectivity index (χ1v) is 5.71. The van der Waals surface area contributed by atoms with Crippen LogP contribution in [0.25, 0.3) is 0 Å². The van der Waals surface area contributed by atoms with E-state index >= 15 is 0 Å². The molecule has 1 saturated heterocycles. The smallest absolute Gasteiger partial charge is 0.0471 e. The molecule has 0 amide bonds. The van der Waals surface area contributed by atoms with Crippen LogP contribution in [0.3, 0.4) is 0 Å². The van der Waals surface area contributed by atoms with E-state index in [9.17, 15) is 0 Å². The van der Waals surface area contributed by atoms with Gasteiger partial charge in [0.2, 0.25) is 0 Å². The highest BCUT2D eigenvalue weighted by Crippen LogP contribution is 2.26. The van der Waals surface area contributed by atoms with Gasteiger partial charge in [-0.25, -0.2) is 0 Å². The molecule has 0 spiro atoms. The lowest BCUT2D eigenvalue weighted by atomic mass is 10.1. The minimum Gasteiger partial charge on any atom is -0.396 e. The van der Waals surface area contributed by atoms with Crippen LogP contribution >= 0.6 is 0 Å². The summed E-state index contributed by atoms with van der Waals surface area (Å²) in [7, 11) is 0. The van der Waals surface area contributed by atoms with Crippen molar-refractivity contribution in [2.24, 2.45) is 5.92 Å². The number of aliphatic hydroxyl groups is 1. The van der Waals surface area contributed by atoms with Gasteiger partial charge in [0.1, 0.15) is 0 Å². The first kappa shape index (κ1) is 10.7. The molecular formula is C13H19NO. The predicted molar refractivity (Wildman–Crippen MR) is 61.6 cm³/mol. The van der Waals surface area contributed by atoms with Crippen LogP contribution in [0.5, 0.6) is 0 Å². The largest absolute Gasteiger partial charge is 0.396 e. The number of rotatable bonds is 3. The zero-order chi connectivity index (χ0) is 10.7. The van der Waals surface area contributed by atoms with Crippen molar-refractivity contribution in [1.29, 1.82) is 0 Å². The van der Waals surface area contributed by atoms with Gasteiger partial charge < -0.3 is 5.11 Å². The Labute approximate surface area is 91.5 Å². The van der Waals surface area contributed by atoms with Crippen molar-refractivity contribution >= 4 is 0 Å². The molecule has 1 heterocycles. The third kappa shape index (κ3) is 2.39. The molecule has 15 heavy (non-hydrogen) atoms. The van der Waals surface area contributed by atoms with Gasteiger partial charge in [-0.05, 0) is 31.4 Å². The highest BCUT2D eigenvalue weighted by atomic mass is 16.3. The van der Waals surface area contributed by atoms with Crippen molar-refractivity contribution in [1.82, 2.24) is 4.90 Å². The normalized spacial score (nSPS) is 24.3. The average Bonchev–Trinajstić information content (AvgIpc) is 2.78. The summed E-state index contributed by atoms with van der Waals surface area (Å²) in [4.78, 5) is 2.45. The van der Waals surface area contributed by atoms with E-state index in [1.165, 1.54) is 5.56 Å². The molecule has 1 fully saturated rings. The summed E-state index contributed by atoms with van der Waals surface area (Å²) in [6.45, 7) is 4.72. The van der Waals surface area contributed by atoms with Crippen LogP contribution in [0.2, 0.25) is 0 Å². The van der Waals surface area contributed by atoms with E-state index in [-0.39, 0.29) is 0 Å². The molecule has 1 aromatic carbocycles. The summed E-state index contributed by atoms with van der Waals surface area (Å²) in [5.74, 6) is 0.483. The molecule has 1 aliphatic heterocycles. The summed E-state index contributed by atoms with van der Waals surface area (Å²) in [5.41, 5.74) is 1.37. The minimum absolute atomic E-state index is 0.331. The summed E-state index contributed by atoms with van der Waals surface area (Å²) < 4.78 is 0. The zero-order valence-corrected chi connectivity index (χ0v) is 9.26. The fourth-order valence-corrected chi connectivity index (χ4v) is 2.31. The second-order valence-corrected chi connectivity index (χ2v) is 4.42. The Kier molecular flexibility index (Phi) is 3.39. The predicted octanol–water partition coefficient (Wildman–Crippen LogP) is 2.06. The molecule has 0 aliphatic carbocycles. The van der Waals surface area contributed by atoms with E-state index in [0.29, 0.717) is 18.6 Å². The number of benzene rings is 1. The highest BCUT2D eigenvalue weighted by molar-refractivity contribution is 5.18. The van der Waals surface area contributed by atoms with E-state index in [0.717, 1.165) is 19.5 Å². The van der Waals surface area contributed by atoms with Crippen molar-refractivity contribution in [3.63, 3.8) is 0 Å². The topological polar surface area (TPSA) is 23.5 Å².